The fourth-order valence-electron chi connectivity index (χ4n) is 2.20. The summed E-state index contributed by atoms with van der Waals surface area (Å²) in [6, 6.07) is 12.8. The molecule has 1 aromatic carbocycles. The second kappa shape index (κ2) is 6.84. The summed E-state index contributed by atoms with van der Waals surface area (Å²) in [5, 5.41) is 10.4. The largest absolute Gasteiger partial charge is 0.508 e. The summed E-state index contributed by atoms with van der Waals surface area (Å²) in [5.74, 6) is 7.19. The minimum Gasteiger partial charge on any atom is -0.508 e. The van der Waals surface area contributed by atoms with Crippen LogP contribution in [0.4, 0.5) is 5.82 Å². The lowest BCUT2D eigenvalue weighted by atomic mass is 10.2. The number of aromatic nitrogens is 2. The molecule has 0 aliphatic heterocycles. The van der Waals surface area contributed by atoms with Crippen molar-refractivity contribution in [3.05, 3.63) is 66.0 Å². The van der Waals surface area contributed by atoms with Crippen molar-refractivity contribution >= 4 is 22.8 Å². The van der Waals surface area contributed by atoms with Gasteiger partial charge in [0.2, 0.25) is 0 Å². The topological polar surface area (TPSA) is 49.2 Å². The van der Waals surface area contributed by atoms with Gasteiger partial charge in [-0.25, -0.2) is 9.97 Å². The maximum atomic E-state index is 9.46. The normalized spacial score (nSPS) is 10.6. The Morgan fingerprint density at radius 3 is 2.71 bits per heavy atom. The molecule has 2 aromatic heterocycles. The van der Waals surface area contributed by atoms with E-state index in [0.29, 0.717) is 0 Å². The van der Waals surface area contributed by atoms with Gasteiger partial charge in [0.15, 0.2) is 0 Å². The lowest BCUT2D eigenvalue weighted by Gasteiger charge is -2.09. The first kappa shape index (κ1) is 15.6. The molecule has 4 heteroatoms. The molecule has 0 saturated heterocycles. The van der Waals surface area contributed by atoms with Gasteiger partial charge >= 0.3 is 0 Å². The first-order valence-electron chi connectivity index (χ1n) is 7.53. The Morgan fingerprint density at radius 1 is 1.08 bits per heavy atom. The molecule has 0 unspecified atom stereocenters. The number of allylic oxidation sites excluding steroid dienone is 1. The summed E-state index contributed by atoms with van der Waals surface area (Å²) < 4.78 is 0. The Balaban J connectivity index is 1.73. The molecule has 3 rings (SSSR count). The number of pyridine rings is 2. The molecule has 3 aromatic rings. The van der Waals surface area contributed by atoms with Gasteiger partial charge in [0, 0.05) is 31.2 Å². The van der Waals surface area contributed by atoms with Gasteiger partial charge in [-0.15, -0.1) is 0 Å². The molecule has 0 radical (unpaired) electrons. The summed E-state index contributed by atoms with van der Waals surface area (Å²) in [6.45, 7) is 0. The number of nitrogens with zero attached hydrogens (tertiary/aromatic N) is 3. The summed E-state index contributed by atoms with van der Waals surface area (Å²) >= 11 is 0. The van der Waals surface area contributed by atoms with Gasteiger partial charge in [-0.2, -0.15) is 0 Å². The number of phenols is 1. The third kappa shape index (κ3) is 3.71. The number of fused-ring (bicyclic) bond motifs is 1. The number of rotatable bonds is 2. The molecule has 0 spiro atoms. The monoisotopic (exact) mass is 315 g/mol. The van der Waals surface area contributed by atoms with E-state index in [1.54, 1.807) is 30.5 Å². The van der Waals surface area contributed by atoms with Crippen molar-refractivity contribution in [3.63, 3.8) is 0 Å². The number of hydrogen-bond acceptors (Lipinski definition) is 4. The molecule has 0 aliphatic carbocycles. The van der Waals surface area contributed by atoms with Crippen LogP contribution in [0, 0.1) is 11.8 Å². The molecule has 0 atom stereocenters. The zero-order chi connectivity index (χ0) is 16.9. The standard InChI is InChI=1S/C20H17N3O/c1-23(2)20-12-7-15(14-21-20)5-3-4-6-17-9-8-16-13-18(24)10-11-19(16)22-17/h4,6-14,24H,1-2H3/b6-4+. The van der Waals surface area contributed by atoms with Gasteiger partial charge in [0.25, 0.3) is 0 Å². The van der Waals surface area contributed by atoms with Gasteiger partial charge < -0.3 is 10.0 Å². The van der Waals surface area contributed by atoms with E-state index < -0.39 is 0 Å². The van der Waals surface area contributed by atoms with Crippen molar-refractivity contribution in [1.82, 2.24) is 9.97 Å². The lowest BCUT2D eigenvalue weighted by Crippen LogP contribution is -2.10. The van der Waals surface area contributed by atoms with Crippen LogP contribution in [0.2, 0.25) is 0 Å². The summed E-state index contributed by atoms with van der Waals surface area (Å²) in [7, 11) is 3.91. The van der Waals surface area contributed by atoms with Gasteiger partial charge in [-0.05, 0) is 48.6 Å². The van der Waals surface area contributed by atoms with Crippen LogP contribution >= 0.6 is 0 Å². The van der Waals surface area contributed by atoms with Crippen molar-refractivity contribution in [2.24, 2.45) is 0 Å². The zero-order valence-electron chi connectivity index (χ0n) is 13.6. The number of phenolic OH excluding ortho intramolecular Hbond substituents is 1. The Labute approximate surface area is 141 Å². The van der Waals surface area contributed by atoms with Crippen LogP contribution in [-0.4, -0.2) is 29.2 Å². The van der Waals surface area contributed by atoms with E-state index in [-0.39, 0.29) is 5.75 Å². The highest BCUT2D eigenvalue weighted by atomic mass is 16.3. The molecule has 1 N–H and O–H groups in total. The van der Waals surface area contributed by atoms with Crippen molar-refractivity contribution in [2.75, 3.05) is 19.0 Å². The van der Waals surface area contributed by atoms with Crippen molar-refractivity contribution in [3.8, 4) is 17.6 Å². The van der Waals surface area contributed by atoms with Gasteiger partial charge in [-0.1, -0.05) is 17.9 Å². The maximum Gasteiger partial charge on any atom is 0.128 e. The van der Waals surface area contributed by atoms with Gasteiger partial charge in [0.1, 0.15) is 11.6 Å². The third-order valence-corrected chi connectivity index (χ3v) is 3.45. The number of aromatic hydroxyl groups is 1. The van der Waals surface area contributed by atoms with Crippen LogP contribution in [0.15, 0.2) is 54.7 Å². The fourth-order valence-corrected chi connectivity index (χ4v) is 2.20. The summed E-state index contributed by atoms with van der Waals surface area (Å²) in [6.07, 6.45) is 5.40. The van der Waals surface area contributed by atoms with Crippen LogP contribution in [0.5, 0.6) is 5.75 Å². The van der Waals surface area contributed by atoms with Gasteiger partial charge in [0.05, 0.1) is 11.2 Å². The van der Waals surface area contributed by atoms with E-state index in [9.17, 15) is 5.11 Å². The summed E-state index contributed by atoms with van der Waals surface area (Å²) in [4.78, 5) is 10.8. The molecule has 0 fully saturated rings. The Morgan fingerprint density at radius 2 is 1.96 bits per heavy atom. The smallest absolute Gasteiger partial charge is 0.128 e. The predicted molar refractivity (Wildman–Crippen MR) is 97.9 cm³/mol. The Hall–Kier alpha value is -3.32. The number of benzene rings is 1. The quantitative estimate of drug-likeness (QED) is 0.736. The van der Waals surface area contributed by atoms with E-state index in [1.807, 2.05) is 49.3 Å². The molecule has 4 nitrogen and oxygen atoms in total. The van der Waals surface area contributed by atoms with E-state index >= 15 is 0 Å². The molecule has 118 valence electrons. The van der Waals surface area contributed by atoms with Crippen LogP contribution < -0.4 is 4.90 Å². The highest BCUT2D eigenvalue weighted by Crippen LogP contribution is 2.18. The van der Waals surface area contributed by atoms with E-state index in [1.165, 1.54) is 0 Å². The summed E-state index contributed by atoms with van der Waals surface area (Å²) in [5.41, 5.74) is 2.53. The molecule has 0 saturated carbocycles. The average molecular weight is 315 g/mol. The lowest BCUT2D eigenvalue weighted by molar-refractivity contribution is 0.476. The highest BCUT2D eigenvalue weighted by molar-refractivity contribution is 5.81. The fraction of sp³-hybridized carbons (Fsp3) is 0.100. The first-order chi connectivity index (χ1) is 11.6. The third-order valence-electron chi connectivity index (χ3n) is 3.45. The SMILES string of the molecule is CN(C)c1ccc(C#C/C=C/c2ccc3cc(O)ccc3n2)cn1. The van der Waals surface area contributed by atoms with E-state index in [0.717, 1.165) is 28.0 Å². The molecule has 0 bridgehead atoms. The van der Waals surface area contributed by atoms with Crippen LogP contribution in [0.3, 0.4) is 0 Å². The highest BCUT2D eigenvalue weighted by Gasteiger charge is 1.97. The molecular formula is C20H17N3O. The second-order valence-electron chi connectivity index (χ2n) is 5.52. The Bertz CT molecular complexity index is 948. The number of hydrogen-bond donors (Lipinski definition) is 1. The minimum atomic E-state index is 0.243. The zero-order valence-corrected chi connectivity index (χ0v) is 13.6. The van der Waals surface area contributed by atoms with Crippen molar-refractivity contribution in [1.29, 1.82) is 0 Å². The molecule has 0 aliphatic rings. The van der Waals surface area contributed by atoms with E-state index in [2.05, 4.69) is 21.8 Å². The van der Waals surface area contributed by atoms with Crippen LogP contribution in [0.1, 0.15) is 11.3 Å². The predicted octanol–water partition coefficient (Wildman–Crippen LogP) is 3.47. The van der Waals surface area contributed by atoms with E-state index in [4.69, 9.17) is 0 Å². The molecular weight excluding hydrogens is 298 g/mol. The Kier molecular flexibility index (Phi) is 4.44. The molecule has 2 heterocycles. The van der Waals surface area contributed by atoms with Gasteiger partial charge in [-0.3, -0.25) is 0 Å². The first-order valence-corrected chi connectivity index (χ1v) is 7.53. The number of anilines is 1. The van der Waals surface area contributed by atoms with Crippen LogP contribution in [-0.2, 0) is 0 Å². The maximum absolute atomic E-state index is 9.46. The molecule has 0 amide bonds. The molecule has 24 heavy (non-hydrogen) atoms. The van der Waals surface area contributed by atoms with Crippen molar-refractivity contribution < 1.29 is 5.11 Å². The second-order valence-corrected chi connectivity index (χ2v) is 5.52. The minimum absolute atomic E-state index is 0.243. The van der Waals surface area contributed by atoms with Crippen molar-refractivity contribution in [2.45, 2.75) is 0 Å². The average Bonchev–Trinajstić information content (AvgIpc) is 2.59. The van der Waals surface area contributed by atoms with Crippen LogP contribution in [0.25, 0.3) is 17.0 Å².